The zero-order valence-corrected chi connectivity index (χ0v) is 19.0. The highest BCUT2D eigenvalue weighted by Crippen LogP contribution is 2.31. The van der Waals surface area contributed by atoms with Crippen molar-refractivity contribution in [2.24, 2.45) is 12.8 Å². The van der Waals surface area contributed by atoms with Gasteiger partial charge in [-0.25, -0.2) is 0 Å². The molecule has 0 aliphatic carbocycles. The number of ether oxygens (including phenoxy) is 1. The number of nitrogens with zero attached hydrogens (tertiary/aromatic N) is 3. The van der Waals surface area contributed by atoms with Gasteiger partial charge in [0.1, 0.15) is 5.75 Å². The Morgan fingerprint density at radius 3 is 2.68 bits per heavy atom. The zero-order chi connectivity index (χ0) is 22.5. The van der Waals surface area contributed by atoms with Gasteiger partial charge in [-0.3, -0.25) is 9.59 Å². The second-order valence-corrected chi connectivity index (χ2v) is 8.27. The van der Waals surface area contributed by atoms with E-state index in [9.17, 15) is 9.59 Å². The highest BCUT2D eigenvalue weighted by molar-refractivity contribution is 7.99. The third kappa shape index (κ3) is 5.69. The zero-order valence-electron chi connectivity index (χ0n) is 16.6. The number of aromatic nitrogens is 3. The molecule has 162 valence electrons. The minimum absolute atomic E-state index is 0.0668. The van der Waals surface area contributed by atoms with E-state index in [1.807, 2.05) is 6.92 Å². The van der Waals surface area contributed by atoms with Crippen LogP contribution in [0.5, 0.6) is 5.75 Å². The summed E-state index contributed by atoms with van der Waals surface area (Å²) < 4.78 is 7.61. The number of hydrogen-bond acceptors (Lipinski definition) is 6. The number of anilines is 1. The molecule has 0 saturated heterocycles. The summed E-state index contributed by atoms with van der Waals surface area (Å²) in [6, 6.07) is 11.5. The molecule has 2 aromatic carbocycles. The first kappa shape index (κ1) is 22.9. The van der Waals surface area contributed by atoms with Gasteiger partial charge in [-0.1, -0.05) is 47.1 Å². The SMILES string of the molecule is CC(Oc1ccc(Cl)cc1Cl)c1nnc(SCC(=O)Nc2ccccc2C(N)=O)n1C. The van der Waals surface area contributed by atoms with Crippen LogP contribution in [0.15, 0.2) is 47.6 Å². The molecular formula is C20H19Cl2N5O3S. The summed E-state index contributed by atoms with van der Waals surface area (Å²) in [5.74, 6) is 0.185. The van der Waals surface area contributed by atoms with Crippen LogP contribution in [0.1, 0.15) is 29.2 Å². The molecule has 1 aromatic heterocycles. The third-order valence-electron chi connectivity index (χ3n) is 4.23. The number of rotatable bonds is 8. The maximum atomic E-state index is 12.3. The molecule has 0 spiro atoms. The molecule has 0 fully saturated rings. The number of hydrogen-bond donors (Lipinski definition) is 2. The summed E-state index contributed by atoms with van der Waals surface area (Å²) in [6.07, 6.45) is -0.443. The summed E-state index contributed by atoms with van der Waals surface area (Å²) in [5.41, 5.74) is 5.94. The van der Waals surface area contributed by atoms with E-state index in [1.165, 1.54) is 11.8 Å². The van der Waals surface area contributed by atoms with E-state index < -0.39 is 12.0 Å². The maximum Gasteiger partial charge on any atom is 0.250 e. The molecule has 3 aromatic rings. The van der Waals surface area contributed by atoms with E-state index >= 15 is 0 Å². The molecule has 0 aliphatic heterocycles. The Hall–Kier alpha value is -2.75. The molecule has 1 atom stereocenters. The van der Waals surface area contributed by atoms with Crippen molar-refractivity contribution in [2.45, 2.75) is 18.2 Å². The molecular weight excluding hydrogens is 461 g/mol. The van der Waals surface area contributed by atoms with Crippen LogP contribution in [0, 0.1) is 0 Å². The van der Waals surface area contributed by atoms with Crippen LogP contribution in [0.4, 0.5) is 5.69 Å². The van der Waals surface area contributed by atoms with Crippen LogP contribution >= 0.6 is 35.0 Å². The van der Waals surface area contributed by atoms with Crippen LogP contribution in [0.2, 0.25) is 10.0 Å². The number of halogens is 2. The van der Waals surface area contributed by atoms with E-state index in [0.717, 1.165) is 0 Å². The highest BCUT2D eigenvalue weighted by atomic mass is 35.5. The van der Waals surface area contributed by atoms with Crippen LogP contribution < -0.4 is 15.8 Å². The molecule has 0 saturated carbocycles. The lowest BCUT2D eigenvalue weighted by atomic mass is 10.1. The highest BCUT2D eigenvalue weighted by Gasteiger charge is 2.19. The summed E-state index contributed by atoms with van der Waals surface area (Å²) in [4.78, 5) is 23.8. The number of carbonyl (C=O) groups excluding carboxylic acids is 2. The standard InChI is InChI=1S/C20H19Cl2N5O3S/c1-11(30-16-8-7-12(21)9-14(16)22)19-25-26-20(27(19)2)31-10-17(28)24-15-6-4-3-5-13(15)18(23)29/h3-9,11H,10H2,1-2H3,(H2,23,29)(H,24,28). The molecule has 0 aliphatic rings. The van der Waals surface area contributed by atoms with Gasteiger partial charge in [0.15, 0.2) is 17.1 Å². The van der Waals surface area contributed by atoms with Gasteiger partial charge >= 0.3 is 0 Å². The first-order chi connectivity index (χ1) is 14.8. The van der Waals surface area contributed by atoms with Gasteiger partial charge in [0, 0.05) is 12.1 Å². The summed E-state index contributed by atoms with van der Waals surface area (Å²) in [6.45, 7) is 1.82. The average Bonchev–Trinajstić information content (AvgIpc) is 3.09. The number of nitrogens with one attached hydrogen (secondary N) is 1. The molecule has 3 rings (SSSR count). The van der Waals surface area contributed by atoms with Crippen molar-refractivity contribution in [3.05, 3.63) is 63.9 Å². The van der Waals surface area contributed by atoms with E-state index in [2.05, 4.69) is 15.5 Å². The molecule has 2 amide bonds. The third-order valence-corrected chi connectivity index (χ3v) is 5.78. The van der Waals surface area contributed by atoms with Crippen LogP contribution in [0.3, 0.4) is 0 Å². The molecule has 1 unspecified atom stereocenters. The average molecular weight is 480 g/mol. The monoisotopic (exact) mass is 479 g/mol. The van der Waals surface area contributed by atoms with Gasteiger partial charge in [0.2, 0.25) is 5.91 Å². The smallest absolute Gasteiger partial charge is 0.250 e. The number of para-hydroxylation sites is 1. The maximum absolute atomic E-state index is 12.3. The van der Waals surface area contributed by atoms with Crippen LogP contribution in [-0.2, 0) is 11.8 Å². The van der Waals surface area contributed by atoms with Gasteiger partial charge in [-0.2, -0.15) is 0 Å². The Labute approximate surface area is 193 Å². The number of amides is 2. The van der Waals surface area contributed by atoms with Crippen LogP contribution in [0.25, 0.3) is 0 Å². The number of nitrogens with two attached hydrogens (primary N) is 1. The van der Waals surface area contributed by atoms with Gasteiger partial charge in [-0.15, -0.1) is 10.2 Å². The first-order valence-corrected chi connectivity index (χ1v) is 10.8. The fourth-order valence-electron chi connectivity index (χ4n) is 2.74. The number of primary amides is 1. The second kappa shape index (κ2) is 10.0. The van der Waals surface area contributed by atoms with Gasteiger partial charge < -0.3 is 20.4 Å². The van der Waals surface area contributed by atoms with Crippen LogP contribution in [-0.4, -0.2) is 32.3 Å². The molecule has 1 heterocycles. The Balaban J connectivity index is 1.62. The lowest BCUT2D eigenvalue weighted by Crippen LogP contribution is -2.19. The topological polar surface area (TPSA) is 112 Å². The Morgan fingerprint density at radius 1 is 1.23 bits per heavy atom. The molecule has 0 bridgehead atoms. The van der Waals surface area contributed by atoms with E-state index in [1.54, 1.807) is 54.1 Å². The largest absolute Gasteiger partial charge is 0.481 e. The van der Waals surface area contributed by atoms with Crippen molar-refractivity contribution in [2.75, 3.05) is 11.1 Å². The van der Waals surface area contributed by atoms with Crippen molar-refractivity contribution in [3.63, 3.8) is 0 Å². The molecule has 3 N–H and O–H groups in total. The number of benzene rings is 2. The number of thioether (sulfide) groups is 1. The molecule has 11 heteroatoms. The fraction of sp³-hybridized carbons (Fsp3) is 0.200. The van der Waals surface area contributed by atoms with E-state index in [4.69, 9.17) is 33.7 Å². The van der Waals surface area contributed by atoms with Crippen molar-refractivity contribution in [1.82, 2.24) is 14.8 Å². The molecule has 8 nitrogen and oxygen atoms in total. The molecule has 31 heavy (non-hydrogen) atoms. The predicted octanol–water partition coefficient (Wildman–Crippen LogP) is 4.09. The summed E-state index contributed by atoms with van der Waals surface area (Å²) in [5, 5.41) is 12.4. The minimum atomic E-state index is -0.615. The lowest BCUT2D eigenvalue weighted by molar-refractivity contribution is -0.113. The van der Waals surface area contributed by atoms with Crippen molar-refractivity contribution < 1.29 is 14.3 Å². The first-order valence-electron chi connectivity index (χ1n) is 9.08. The van der Waals surface area contributed by atoms with Gasteiger partial charge in [0.05, 0.1) is 22.0 Å². The van der Waals surface area contributed by atoms with Gasteiger partial charge in [-0.05, 0) is 37.3 Å². The summed E-state index contributed by atoms with van der Waals surface area (Å²) >= 11 is 13.3. The Bertz CT molecular complexity index is 1120. The Morgan fingerprint density at radius 2 is 1.97 bits per heavy atom. The molecule has 0 radical (unpaired) electrons. The van der Waals surface area contributed by atoms with E-state index in [0.29, 0.717) is 32.5 Å². The second-order valence-electron chi connectivity index (χ2n) is 6.48. The van der Waals surface area contributed by atoms with Crippen molar-refractivity contribution >= 4 is 52.5 Å². The minimum Gasteiger partial charge on any atom is -0.481 e. The van der Waals surface area contributed by atoms with Crippen molar-refractivity contribution in [1.29, 1.82) is 0 Å². The Kier molecular flexibility index (Phi) is 7.42. The quantitative estimate of drug-likeness (QED) is 0.470. The normalized spacial score (nSPS) is 11.7. The van der Waals surface area contributed by atoms with Crippen molar-refractivity contribution in [3.8, 4) is 5.75 Å². The summed E-state index contributed by atoms with van der Waals surface area (Å²) in [7, 11) is 1.78. The fourth-order valence-corrected chi connectivity index (χ4v) is 3.91. The lowest BCUT2D eigenvalue weighted by Gasteiger charge is -2.15. The van der Waals surface area contributed by atoms with Gasteiger partial charge in [0.25, 0.3) is 5.91 Å². The predicted molar refractivity (Wildman–Crippen MR) is 121 cm³/mol. The van der Waals surface area contributed by atoms with E-state index in [-0.39, 0.29) is 17.2 Å². The number of carbonyl (C=O) groups is 2.